The van der Waals surface area contributed by atoms with Crippen LogP contribution in [0.2, 0.25) is 0 Å². The van der Waals surface area contributed by atoms with Crippen molar-refractivity contribution >= 4 is 5.69 Å². The molecular weight excluding hydrogens is 208 g/mol. The van der Waals surface area contributed by atoms with Crippen LogP contribution in [0, 0.1) is 13.8 Å². The number of nitrogens with one attached hydrogen (secondary N) is 1. The van der Waals surface area contributed by atoms with Gasteiger partial charge in [0.25, 0.3) is 0 Å². The molecule has 0 aromatic heterocycles. The number of piperidine rings is 1. The fraction of sp³-hybridized carbons (Fsp3) is 0.600. The van der Waals surface area contributed by atoms with E-state index in [2.05, 4.69) is 56.2 Å². The van der Waals surface area contributed by atoms with E-state index in [9.17, 15) is 0 Å². The number of hydrogen-bond acceptors (Lipinski definition) is 2. The molecule has 0 spiro atoms. The van der Waals surface area contributed by atoms with Crippen LogP contribution in [0.3, 0.4) is 0 Å². The number of hydrogen-bond donors (Lipinski definition) is 1. The molecule has 2 nitrogen and oxygen atoms in total. The minimum Gasteiger partial charge on any atom is -0.382 e. The molecule has 94 valence electrons. The van der Waals surface area contributed by atoms with Crippen molar-refractivity contribution in [2.75, 3.05) is 18.9 Å². The van der Waals surface area contributed by atoms with Crippen molar-refractivity contribution in [1.82, 2.24) is 4.90 Å². The first-order chi connectivity index (χ1) is 8.08. The van der Waals surface area contributed by atoms with Gasteiger partial charge in [-0.25, -0.2) is 0 Å². The summed E-state index contributed by atoms with van der Waals surface area (Å²) in [4.78, 5) is 2.45. The van der Waals surface area contributed by atoms with Gasteiger partial charge in [0.1, 0.15) is 0 Å². The zero-order valence-electron chi connectivity index (χ0n) is 11.5. The maximum absolute atomic E-state index is 3.71. The molecule has 2 heteroatoms. The van der Waals surface area contributed by atoms with Crippen LogP contribution in [-0.4, -0.2) is 30.6 Å². The minimum absolute atomic E-state index is 0.627. The highest BCUT2D eigenvalue weighted by molar-refractivity contribution is 5.54. The van der Waals surface area contributed by atoms with Gasteiger partial charge in [-0.1, -0.05) is 12.1 Å². The molecule has 2 rings (SSSR count). The molecule has 1 fully saturated rings. The van der Waals surface area contributed by atoms with Crippen molar-refractivity contribution in [2.45, 2.75) is 45.7 Å². The molecule has 1 N–H and O–H groups in total. The highest BCUT2D eigenvalue weighted by Crippen LogP contribution is 2.23. The Morgan fingerprint density at radius 3 is 2.76 bits per heavy atom. The number of rotatable bonds is 2. The summed E-state index contributed by atoms with van der Waals surface area (Å²) in [5.74, 6) is 0. The predicted molar refractivity (Wildman–Crippen MR) is 74.7 cm³/mol. The van der Waals surface area contributed by atoms with E-state index >= 15 is 0 Å². The molecule has 1 aromatic carbocycles. The van der Waals surface area contributed by atoms with Gasteiger partial charge in [0.2, 0.25) is 0 Å². The van der Waals surface area contributed by atoms with Crippen LogP contribution >= 0.6 is 0 Å². The molecular formula is C15H24N2. The molecule has 0 aliphatic carbocycles. The van der Waals surface area contributed by atoms with E-state index in [-0.39, 0.29) is 0 Å². The van der Waals surface area contributed by atoms with Gasteiger partial charge in [-0.15, -0.1) is 0 Å². The van der Waals surface area contributed by atoms with Gasteiger partial charge in [0.15, 0.2) is 0 Å². The van der Waals surface area contributed by atoms with Gasteiger partial charge in [0, 0.05) is 24.3 Å². The van der Waals surface area contributed by atoms with Crippen molar-refractivity contribution in [2.24, 2.45) is 0 Å². The molecule has 1 aliphatic heterocycles. The second kappa shape index (κ2) is 5.09. The molecule has 2 unspecified atom stereocenters. The Labute approximate surface area is 105 Å². The van der Waals surface area contributed by atoms with Crippen molar-refractivity contribution in [1.29, 1.82) is 0 Å². The van der Waals surface area contributed by atoms with Crippen LogP contribution in [0.1, 0.15) is 30.9 Å². The lowest BCUT2D eigenvalue weighted by Crippen LogP contribution is -2.42. The molecule has 1 heterocycles. The van der Waals surface area contributed by atoms with E-state index in [1.807, 2.05) is 0 Å². The Bertz CT molecular complexity index is 387. The van der Waals surface area contributed by atoms with Crippen molar-refractivity contribution < 1.29 is 0 Å². The smallest absolute Gasteiger partial charge is 0.0374 e. The van der Waals surface area contributed by atoms with Crippen LogP contribution in [-0.2, 0) is 0 Å². The minimum atomic E-state index is 0.627. The molecule has 1 saturated heterocycles. The number of likely N-dealkylation sites (tertiary alicyclic amines) is 1. The number of nitrogens with zero attached hydrogens (tertiary/aromatic N) is 1. The predicted octanol–water partition coefficient (Wildman–Crippen LogP) is 3.20. The fourth-order valence-corrected chi connectivity index (χ4v) is 2.55. The van der Waals surface area contributed by atoms with Gasteiger partial charge < -0.3 is 10.2 Å². The van der Waals surface area contributed by atoms with Crippen LogP contribution in [0.15, 0.2) is 18.2 Å². The van der Waals surface area contributed by atoms with Crippen LogP contribution < -0.4 is 5.32 Å². The molecule has 0 amide bonds. The van der Waals surface area contributed by atoms with Crippen LogP contribution in [0.25, 0.3) is 0 Å². The van der Waals surface area contributed by atoms with Crippen LogP contribution in [0.4, 0.5) is 5.69 Å². The number of benzene rings is 1. The van der Waals surface area contributed by atoms with E-state index in [1.54, 1.807) is 0 Å². The third kappa shape index (κ3) is 2.81. The molecule has 2 atom stereocenters. The molecule has 1 aromatic rings. The van der Waals surface area contributed by atoms with Gasteiger partial charge in [-0.05, 0) is 57.9 Å². The lowest BCUT2D eigenvalue weighted by molar-refractivity contribution is 0.190. The van der Waals surface area contributed by atoms with Gasteiger partial charge in [0.05, 0.1) is 0 Å². The standard InChI is InChI=1S/C15H24N2/c1-11-6-5-7-15(13(11)3)16-14-8-9-17(4)12(2)10-14/h5-7,12,14,16H,8-10H2,1-4H3. The fourth-order valence-electron chi connectivity index (χ4n) is 2.55. The maximum Gasteiger partial charge on any atom is 0.0374 e. The monoisotopic (exact) mass is 232 g/mol. The lowest BCUT2D eigenvalue weighted by Gasteiger charge is -2.36. The van der Waals surface area contributed by atoms with E-state index < -0.39 is 0 Å². The summed E-state index contributed by atoms with van der Waals surface area (Å²) in [5, 5.41) is 3.71. The molecule has 17 heavy (non-hydrogen) atoms. The lowest BCUT2D eigenvalue weighted by atomic mass is 9.98. The first-order valence-corrected chi connectivity index (χ1v) is 6.61. The van der Waals surface area contributed by atoms with E-state index in [4.69, 9.17) is 0 Å². The van der Waals surface area contributed by atoms with E-state index in [1.165, 1.54) is 36.2 Å². The Balaban J connectivity index is 2.04. The normalized spacial score (nSPS) is 25.9. The third-order valence-electron chi connectivity index (χ3n) is 4.17. The summed E-state index contributed by atoms with van der Waals surface area (Å²) in [5.41, 5.74) is 4.07. The molecule has 0 radical (unpaired) electrons. The quantitative estimate of drug-likeness (QED) is 0.842. The molecule has 0 bridgehead atoms. The Hall–Kier alpha value is -1.02. The highest BCUT2D eigenvalue weighted by Gasteiger charge is 2.22. The van der Waals surface area contributed by atoms with Gasteiger partial charge in [-0.2, -0.15) is 0 Å². The SMILES string of the molecule is Cc1cccc(NC2CCN(C)C(C)C2)c1C. The summed E-state index contributed by atoms with van der Waals surface area (Å²) in [6.45, 7) is 7.90. The van der Waals surface area contributed by atoms with Crippen molar-refractivity contribution in [3.05, 3.63) is 29.3 Å². The van der Waals surface area contributed by atoms with Crippen molar-refractivity contribution in [3.8, 4) is 0 Å². The summed E-state index contributed by atoms with van der Waals surface area (Å²) in [6, 6.07) is 7.83. The van der Waals surface area contributed by atoms with Gasteiger partial charge >= 0.3 is 0 Å². The van der Waals surface area contributed by atoms with E-state index in [0.29, 0.717) is 12.1 Å². The number of aryl methyl sites for hydroxylation is 1. The highest BCUT2D eigenvalue weighted by atomic mass is 15.1. The topological polar surface area (TPSA) is 15.3 Å². The van der Waals surface area contributed by atoms with Crippen LogP contribution in [0.5, 0.6) is 0 Å². The number of anilines is 1. The average Bonchev–Trinajstić information content (AvgIpc) is 2.30. The average molecular weight is 232 g/mol. The molecule has 1 aliphatic rings. The maximum atomic E-state index is 3.71. The summed E-state index contributed by atoms with van der Waals surface area (Å²) >= 11 is 0. The Morgan fingerprint density at radius 2 is 2.06 bits per heavy atom. The second-order valence-electron chi connectivity index (χ2n) is 5.44. The van der Waals surface area contributed by atoms with E-state index in [0.717, 1.165) is 0 Å². The largest absolute Gasteiger partial charge is 0.382 e. The summed E-state index contributed by atoms with van der Waals surface area (Å²) in [6.07, 6.45) is 2.48. The third-order valence-corrected chi connectivity index (χ3v) is 4.17. The zero-order valence-corrected chi connectivity index (χ0v) is 11.5. The first kappa shape index (κ1) is 12.4. The zero-order chi connectivity index (χ0) is 12.4. The molecule has 0 saturated carbocycles. The summed E-state index contributed by atoms with van der Waals surface area (Å²) < 4.78 is 0. The Kier molecular flexibility index (Phi) is 3.72. The second-order valence-corrected chi connectivity index (χ2v) is 5.44. The van der Waals surface area contributed by atoms with Crippen molar-refractivity contribution in [3.63, 3.8) is 0 Å². The summed E-state index contributed by atoms with van der Waals surface area (Å²) in [7, 11) is 2.22. The van der Waals surface area contributed by atoms with Gasteiger partial charge in [-0.3, -0.25) is 0 Å². The first-order valence-electron chi connectivity index (χ1n) is 6.61. The Morgan fingerprint density at radius 1 is 1.29 bits per heavy atom.